The Balaban J connectivity index is 2.36. The summed E-state index contributed by atoms with van der Waals surface area (Å²) in [5.41, 5.74) is 1.31. The molecule has 0 heterocycles. The third-order valence-corrected chi connectivity index (χ3v) is 4.03. The van der Waals surface area contributed by atoms with Crippen LogP contribution in [0.2, 0.25) is 0 Å². The highest BCUT2D eigenvalue weighted by Crippen LogP contribution is 2.31. The summed E-state index contributed by atoms with van der Waals surface area (Å²) in [6.45, 7) is 2.98. The van der Waals surface area contributed by atoms with Crippen LogP contribution in [0, 0.1) is 0 Å². The first-order valence-electron chi connectivity index (χ1n) is 8.67. The number of aromatic hydroxyl groups is 2. The Bertz CT molecular complexity index is 731. The summed E-state index contributed by atoms with van der Waals surface area (Å²) in [7, 11) is 7.98. The average Bonchev–Trinajstić information content (AvgIpc) is 2.58. The van der Waals surface area contributed by atoms with Gasteiger partial charge in [0.1, 0.15) is 11.5 Å². The van der Waals surface area contributed by atoms with Crippen LogP contribution in [0.4, 0.5) is 0 Å². The minimum Gasteiger partial charge on any atom is -0.507 e. The summed E-state index contributed by atoms with van der Waals surface area (Å²) in [5, 5.41) is 22.2. The quantitative estimate of drug-likeness (QED) is 0.712. The molecule has 0 aliphatic rings. The Morgan fingerprint density at radius 2 is 1.12 bits per heavy atom. The summed E-state index contributed by atoms with van der Waals surface area (Å²) in [4.78, 5) is 12.9. The first-order valence-corrected chi connectivity index (χ1v) is 8.67. The lowest BCUT2D eigenvalue weighted by Gasteiger charge is -2.10. The average molecular weight is 356 g/mol. The van der Waals surface area contributed by atoms with Gasteiger partial charge in [0.2, 0.25) is 0 Å². The zero-order valence-corrected chi connectivity index (χ0v) is 16.0. The lowest BCUT2D eigenvalue weighted by Crippen LogP contribution is -2.15. The van der Waals surface area contributed by atoms with Gasteiger partial charge in [-0.15, -0.1) is 0 Å². The fourth-order valence-electron chi connectivity index (χ4n) is 2.53. The number of fused-ring (bicyclic) bond motifs is 1. The first-order chi connectivity index (χ1) is 12.4. The van der Waals surface area contributed by atoms with Crippen molar-refractivity contribution in [2.75, 3.05) is 54.4 Å². The number of phenols is 2. The number of likely N-dealkylation sites (N-methyl/N-ethyl adjacent to an activating group) is 2. The zero-order valence-electron chi connectivity index (χ0n) is 16.0. The molecule has 0 aliphatic carbocycles. The monoisotopic (exact) mass is 356 g/mol. The molecule has 2 aromatic carbocycles. The number of hydrogen-bond donors (Lipinski definition) is 2. The van der Waals surface area contributed by atoms with Crippen molar-refractivity contribution in [2.24, 2.45) is 9.98 Å². The Morgan fingerprint density at radius 3 is 1.46 bits per heavy atom. The molecule has 6 nitrogen and oxygen atoms in total. The standard InChI is InChI=1S/C20H28N4O2/c1-23(2)11-9-21-13-17-15-5-8-20(26)18(14-22-10-12-24(3)4)16(15)6-7-19(17)25/h5-8,13-14,25-26H,9-12H2,1-4H3. The van der Waals surface area contributed by atoms with Crippen LogP contribution in [0.15, 0.2) is 34.3 Å². The number of benzene rings is 2. The smallest absolute Gasteiger partial charge is 0.124 e. The van der Waals surface area contributed by atoms with Gasteiger partial charge in [0.05, 0.1) is 13.1 Å². The molecule has 0 saturated heterocycles. The molecule has 0 bridgehead atoms. The van der Waals surface area contributed by atoms with Crippen molar-refractivity contribution in [2.45, 2.75) is 0 Å². The Kier molecular flexibility index (Phi) is 7.12. The zero-order chi connectivity index (χ0) is 19.1. The normalized spacial score (nSPS) is 12.4. The molecule has 2 rings (SSSR count). The fraction of sp³-hybridized carbons (Fsp3) is 0.400. The van der Waals surface area contributed by atoms with Gasteiger partial charge in [-0.3, -0.25) is 9.98 Å². The van der Waals surface area contributed by atoms with Gasteiger partial charge in [-0.1, -0.05) is 0 Å². The van der Waals surface area contributed by atoms with Gasteiger partial charge in [0.25, 0.3) is 0 Å². The Hall–Kier alpha value is -2.44. The van der Waals surface area contributed by atoms with E-state index in [9.17, 15) is 10.2 Å². The van der Waals surface area contributed by atoms with Crippen molar-refractivity contribution in [3.8, 4) is 11.5 Å². The molecule has 0 fully saturated rings. The highest BCUT2D eigenvalue weighted by Gasteiger charge is 2.10. The van der Waals surface area contributed by atoms with E-state index in [0.717, 1.165) is 23.9 Å². The molecule has 0 atom stereocenters. The third-order valence-electron chi connectivity index (χ3n) is 4.03. The van der Waals surface area contributed by atoms with Crippen molar-refractivity contribution in [1.29, 1.82) is 0 Å². The van der Waals surface area contributed by atoms with Crippen molar-refractivity contribution < 1.29 is 10.2 Å². The Labute approximate surface area is 155 Å². The van der Waals surface area contributed by atoms with Gasteiger partial charge in [-0.2, -0.15) is 0 Å². The fourth-order valence-corrected chi connectivity index (χ4v) is 2.53. The highest BCUT2D eigenvalue weighted by atomic mass is 16.3. The van der Waals surface area contributed by atoms with Gasteiger partial charge in [-0.05, 0) is 63.2 Å². The lowest BCUT2D eigenvalue weighted by atomic mass is 9.99. The minimum atomic E-state index is 0.173. The van der Waals surface area contributed by atoms with Crippen LogP contribution < -0.4 is 0 Å². The second kappa shape index (κ2) is 9.31. The van der Waals surface area contributed by atoms with Crippen LogP contribution in [0.5, 0.6) is 11.5 Å². The second-order valence-electron chi connectivity index (χ2n) is 6.77. The maximum Gasteiger partial charge on any atom is 0.124 e. The summed E-state index contributed by atoms with van der Waals surface area (Å²) < 4.78 is 0. The van der Waals surface area contributed by atoms with Gasteiger partial charge in [0.15, 0.2) is 0 Å². The van der Waals surface area contributed by atoms with Gasteiger partial charge in [0, 0.05) is 36.6 Å². The van der Waals surface area contributed by atoms with Crippen LogP contribution in [-0.2, 0) is 0 Å². The van der Waals surface area contributed by atoms with Crippen LogP contribution in [0.3, 0.4) is 0 Å². The first kappa shape index (κ1) is 19.9. The molecule has 6 heteroatoms. The maximum absolute atomic E-state index is 10.2. The molecule has 0 aliphatic heterocycles. The second-order valence-corrected chi connectivity index (χ2v) is 6.77. The van der Waals surface area contributed by atoms with E-state index in [1.807, 2.05) is 28.2 Å². The van der Waals surface area contributed by atoms with E-state index in [1.54, 1.807) is 36.7 Å². The summed E-state index contributed by atoms with van der Waals surface area (Å²) in [6.07, 6.45) is 3.40. The SMILES string of the molecule is CN(C)CCN=Cc1c(O)ccc2c(C=NCCN(C)C)c(O)ccc12. The van der Waals surface area contributed by atoms with Crippen molar-refractivity contribution in [3.63, 3.8) is 0 Å². The molecule has 140 valence electrons. The topological polar surface area (TPSA) is 71.7 Å². The maximum atomic E-state index is 10.2. The minimum absolute atomic E-state index is 0.173. The molecular formula is C20H28N4O2. The van der Waals surface area contributed by atoms with Crippen LogP contribution >= 0.6 is 0 Å². The lowest BCUT2D eigenvalue weighted by molar-refractivity contribution is 0.420. The molecule has 0 radical (unpaired) electrons. The molecule has 2 N–H and O–H groups in total. The molecule has 26 heavy (non-hydrogen) atoms. The molecule has 2 aromatic rings. The summed E-state index contributed by atoms with van der Waals surface area (Å²) in [6, 6.07) is 6.86. The molecule has 0 unspecified atom stereocenters. The van der Waals surface area contributed by atoms with Crippen molar-refractivity contribution >= 4 is 23.2 Å². The number of phenolic OH excluding ortho intramolecular Hbond substituents is 2. The van der Waals surface area contributed by atoms with E-state index < -0.39 is 0 Å². The number of hydrogen-bond acceptors (Lipinski definition) is 6. The van der Waals surface area contributed by atoms with Crippen molar-refractivity contribution in [1.82, 2.24) is 9.80 Å². The van der Waals surface area contributed by atoms with E-state index in [-0.39, 0.29) is 11.5 Å². The largest absolute Gasteiger partial charge is 0.507 e. The predicted octanol–water partition coefficient (Wildman–Crippen LogP) is 2.21. The number of rotatable bonds is 8. The van der Waals surface area contributed by atoms with Crippen LogP contribution in [-0.4, -0.2) is 86.8 Å². The molecule has 0 amide bonds. The number of aliphatic imine (C=N–C) groups is 2. The van der Waals surface area contributed by atoms with Gasteiger partial charge < -0.3 is 20.0 Å². The van der Waals surface area contributed by atoms with Crippen molar-refractivity contribution in [3.05, 3.63) is 35.4 Å². The predicted molar refractivity (Wildman–Crippen MR) is 109 cm³/mol. The van der Waals surface area contributed by atoms with E-state index in [4.69, 9.17) is 0 Å². The van der Waals surface area contributed by atoms with E-state index in [1.165, 1.54) is 0 Å². The molecular weight excluding hydrogens is 328 g/mol. The third kappa shape index (κ3) is 5.28. The molecule has 0 aromatic heterocycles. The van der Waals surface area contributed by atoms with E-state index >= 15 is 0 Å². The van der Waals surface area contributed by atoms with Crippen LogP contribution in [0.25, 0.3) is 10.8 Å². The summed E-state index contributed by atoms with van der Waals surface area (Å²) in [5.74, 6) is 0.347. The highest BCUT2D eigenvalue weighted by molar-refractivity contribution is 6.09. The van der Waals surface area contributed by atoms with E-state index in [0.29, 0.717) is 24.2 Å². The molecule has 0 spiro atoms. The Morgan fingerprint density at radius 1 is 0.731 bits per heavy atom. The van der Waals surface area contributed by atoms with Gasteiger partial charge >= 0.3 is 0 Å². The van der Waals surface area contributed by atoms with Crippen LogP contribution in [0.1, 0.15) is 11.1 Å². The number of nitrogens with zero attached hydrogens (tertiary/aromatic N) is 4. The van der Waals surface area contributed by atoms with E-state index in [2.05, 4.69) is 19.8 Å². The molecule has 0 saturated carbocycles. The summed E-state index contributed by atoms with van der Waals surface area (Å²) >= 11 is 0. The van der Waals surface area contributed by atoms with Gasteiger partial charge in [-0.25, -0.2) is 0 Å².